The van der Waals surface area contributed by atoms with Crippen LogP contribution in [0.4, 0.5) is 4.79 Å². The van der Waals surface area contributed by atoms with E-state index in [4.69, 9.17) is 24.2 Å². The Labute approximate surface area is 331 Å². The molecule has 3 aromatic rings. The number of ether oxygens (including phenoxy) is 3. The zero-order valence-corrected chi connectivity index (χ0v) is 33.5. The van der Waals surface area contributed by atoms with Gasteiger partial charge < -0.3 is 44.5 Å². The third-order valence-corrected chi connectivity index (χ3v) is 11.2. The maximum atomic E-state index is 14.3. The summed E-state index contributed by atoms with van der Waals surface area (Å²) >= 11 is 0. The number of unbranched alkanes of at least 4 members (excludes halogenated alkanes) is 2. The van der Waals surface area contributed by atoms with E-state index in [2.05, 4.69) is 35.6 Å². The lowest BCUT2D eigenvalue weighted by molar-refractivity contribution is -0.252. The van der Waals surface area contributed by atoms with E-state index < -0.39 is 23.3 Å². The number of nitrogens with one attached hydrogen (secondary N) is 2. The van der Waals surface area contributed by atoms with Crippen LogP contribution in [0.15, 0.2) is 90.6 Å². The monoisotopic (exact) mass is 768 g/mol. The minimum Gasteiger partial charge on any atom is -0.490 e. The number of para-hydroxylation sites is 1. The van der Waals surface area contributed by atoms with Crippen LogP contribution in [0, 0.1) is 17.8 Å². The number of H-pyrrole nitrogens is 1. The number of carbonyl (C=O) groups is 1. The van der Waals surface area contributed by atoms with E-state index in [0.29, 0.717) is 43.9 Å². The highest BCUT2D eigenvalue weighted by Crippen LogP contribution is 2.61. The summed E-state index contributed by atoms with van der Waals surface area (Å²) in [5, 5.41) is 28.8. The van der Waals surface area contributed by atoms with E-state index >= 15 is 0 Å². The molecule has 2 amide bonds. The number of likely N-dealkylation sites (N-methyl/N-ethyl adjacent to an activating group) is 1. The number of aromatic amines is 1. The molecule has 1 aliphatic heterocycles. The number of benzene rings is 2. The predicted molar refractivity (Wildman–Crippen MR) is 220 cm³/mol. The Hall–Kier alpha value is -4.58. The summed E-state index contributed by atoms with van der Waals surface area (Å²) in [6.45, 7) is 14.8. The van der Waals surface area contributed by atoms with Gasteiger partial charge in [-0.1, -0.05) is 61.0 Å². The molecule has 0 radical (unpaired) electrons. The number of amides is 2. The molecule has 2 aliphatic carbocycles. The van der Waals surface area contributed by atoms with Gasteiger partial charge in [0, 0.05) is 49.4 Å². The van der Waals surface area contributed by atoms with Crippen molar-refractivity contribution in [1.29, 1.82) is 0 Å². The number of hydrogen-bond acceptors (Lipinski definition) is 8. The molecule has 4 N–H and O–H groups in total. The van der Waals surface area contributed by atoms with Crippen LogP contribution in [0.1, 0.15) is 82.9 Å². The second-order valence-corrected chi connectivity index (χ2v) is 16.2. The molecule has 6 rings (SSSR count). The smallest absolute Gasteiger partial charge is 0.317 e. The zero-order valence-electron chi connectivity index (χ0n) is 33.5. The summed E-state index contributed by atoms with van der Waals surface area (Å²) in [5.74, 6) is -0.247. The Bertz CT molecular complexity index is 1860. The molecule has 1 fully saturated rings. The molecule has 0 spiro atoms. The third kappa shape index (κ3) is 8.85. The summed E-state index contributed by atoms with van der Waals surface area (Å²) < 4.78 is 20.3. The van der Waals surface area contributed by atoms with Gasteiger partial charge in [0.25, 0.3) is 0 Å². The maximum Gasteiger partial charge on any atom is 0.317 e. The first-order valence-electron chi connectivity index (χ1n) is 20.1. The van der Waals surface area contributed by atoms with Gasteiger partial charge in [-0.25, -0.2) is 4.79 Å². The lowest BCUT2D eigenvalue weighted by atomic mass is 9.55. The van der Waals surface area contributed by atoms with Gasteiger partial charge >= 0.3 is 6.03 Å². The fourth-order valence-corrected chi connectivity index (χ4v) is 8.83. The zero-order chi connectivity index (χ0) is 39.9. The predicted octanol–water partition coefficient (Wildman–Crippen LogP) is 8.01. The summed E-state index contributed by atoms with van der Waals surface area (Å²) in [5.41, 5.74) is 4.08. The average Bonchev–Trinajstić information content (AvgIpc) is 3.61. The lowest BCUT2D eigenvalue weighted by Crippen LogP contribution is -2.70. The molecule has 302 valence electrons. The van der Waals surface area contributed by atoms with Crippen molar-refractivity contribution in [3.8, 4) is 11.5 Å². The molecule has 1 saturated carbocycles. The number of carbonyl (C=O) groups excluding carboxylic acids is 1. The topological polar surface area (TPSA) is 138 Å². The third-order valence-electron chi connectivity index (χ3n) is 11.2. The van der Waals surface area contributed by atoms with Crippen LogP contribution in [0.2, 0.25) is 0 Å². The maximum absolute atomic E-state index is 14.3. The van der Waals surface area contributed by atoms with Gasteiger partial charge in [-0.15, -0.1) is 6.58 Å². The van der Waals surface area contributed by atoms with Crippen molar-refractivity contribution >= 4 is 22.6 Å². The fraction of sp³-hybridized carbons (Fsp3) is 0.511. The summed E-state index contributed by atoms with van der Waals surface area (Å²) in [4.78, 5) is 25.6. The van der Waals surface area contributed by atoms with Crippen LogP contribution >= 0.6 is 0 Å². The van der Waals surface area contributed by atoms with Crippen molar-refractivity contribution in [1.82, 2.24) is 15.2 Å². The average molecular weight is 769 g/mol. The number of hydrogen-bond donors (Lipinski definition) is 4. The highest BCUT2D eigenvalue weighted by Gasteiger charge is 2.65. The van der Waals surface area contributed by atoms with Crippen LogP contribution < -0.4 is 14.8 Å². The number of aliphatic hydroxyl groups is 2. The number of fused-ring (bicyclic) bond motifs is 3. The molecule has 2 heterocycles. The normalized spacial score (nSPS) is 24.7. The molecule has 0 saturated heterocycles. The molecular formula is C45H60N4O7. The van der Waals surface area contributed by atoms with Gasteiger partial charge in [-0.3, -0.25) is 0 Å². The van der Waals surface area contributed by atoms with E-state index in [-0.39, 0.29) is 43.6 Å². The molecule has 0 bridgehead atoms. The van der Waals surface area contributed by atoms with Crippen molar-refractivity contribution in [3.63, 3.8) is 0 Å². The lowest BCUT2D eigenvalue weighted by Gasteiger charge is -2.59. The second kappa shape index (κ2) is 18.1. The van der Waals surface area contributed by atoms with Crippen molar-refractivity contribution in [2.24, 2.45) is 22.9 Å². The molecule has 3 aliphatic rings. The number of nitrogens with zero attached hydrogens (tertiary/aromatic N) is 2. The number of aromatic nitrogens is 1. The van der Waals surface area contributed by atoms with E-state index in [1.165, 1.54) is 0 Å². The fourth-order valence-electron chi connectivity index (χ4n) is 8.83. The second-order valence-electron chi connectivity index (χ2n) is 16.2. The number of allylic oxidation sites excluding steroid dienone is 1. The van der Waals surface area contributed by atoms with Gasteiger partial charge in [-0.05, 0) is 99.6 Å². The Morgan fingerprint density at radius 1 is 1.05 bits per heavy atom. The Morgan fingerprint density at radius 2 is 1.80 bits per heavy atom. The largest absolute Gasteiger partial charge is 0.490 e. The van der Waals surface area contributed by atoms with Gasteiger partial charge in [0.1, 0.15) is 29.7 Å². The van der Waals surface area contributed by atoms with Crippen LogP contribution in [-0.4, -0.2) is 82.7 Å². The van der Waals surface area contributed by atoms with Crippen LogP contribution in [-0.2, 0) is 16.1 Å². The summed E-state index contributed by atoms with van der Waals surface area (Å²) in [7, 11) is 1.79. The highest BCUT2D eigenvalue weighted by molar-refractivity contribution is 6.03. The first kappa shape index (κ1) is 41.1. The van der Waals surface area contributed by atoms with E-state index in [9.17, 15) is 15.0 Å². The standard InChI is InChI=1S/C45H60N4O7/c1-7-23-53-33-19-20-39-36(27-33)41-34(17-12-14-22-51)30(15-11-13-21-50)26-35-38(48-56-44(3,4)5)28-40(45(55-39,42(35)41)54-24-8-2)49(6)43(52)46-29-32-25-31-16-9-10-18-37(31)47-32/h7-10,16,18-20,25-27,30,34,40-42,47,50-51H,1-2,11-15,17,21-24,28-29H2,3-6H3,(H,46,52)/t30-,34+,40-,41+,42+,45+/m0/s1. The van der Waals surface area contributed by atoms with Crippen LogP contribution in [0.5, 0.6) is 11.5 Å². The number of urea groups is 1. The molecule has 56 heavy (non-hydrogen) atoms. The highest BCUT2D eigenvalue weighted by atomic mass is 16.7. The Balaban J connectivity index is 1.50. The number of oxime groups is 1. The summed E-state index contributed by atoms with van der Waals surface area (Å²) in [6, 6.07) is 15.1. The van der Waals surface area contributed by atoms with Crippen LogP contribution in [0.3, 0.4) is 0 Å². The van der Waals surface area contributed by atoms with Gasteiger partial charge in [0.05, 0.1) is 24.8 Å². The first-order valence-corrected chi connectivity index (χ1v) is 20.1. The summed E-state index contributed by atoms with van der Waals surface area (Å²) in [6.07, 6.45) is 10.9. The Kier molecular flexibility index (Phi) is 13.3. The molecule has 2 aromatic carbocycles. The van der Waals surface area contributed by atoms with Crippen LogP contribution in [0.25, 0.3) is 10.9 Å². The molecule has 11 heteroatoms. The van der Waals surface area contributed by atoms with E-state index in [1.54, 1.807) is 24.1 Å². The quantitative estimate of drug-likeness (QED) is 0.0585. The number of rotatable bonds is 18. The van der Waals surface area contributed by atoms with Crippen molar-refractivity contribution < 1.29 is 34.1 Å². The molecule has 6 atom stereocenters. The Morgan fingerprint density at radius 3 is 2.52 bits per heavy atom. The van der Waals surface area contributed by atoms with Gasteiger partial charge in [-0.2, -0.15) is 0 Å². The SMILES string of the molecule is C=CCOc1ccc2c(c1)[C@H]1[C@H](CCCCO)[C@@H](CCCCO)C=C3C(=NOC(C)(C)C)C[C@H](N(C)C(=O)NCc4cc5ccccc5[nH]4)[C@@](OCC=C)(O2)[C@H]31. The molecular weight excluding hydrogens is 709 g/mol. The molecule has 1 aromatic heterocycles. The van der Waals surface area contributed by atoms with Crippen molar-refractivity contribution in [2.75, 3.05) is 33.5 Å². The van der Waals surface area contributed by atoms with Gasteiger partial charge in [0.15, 0.2) is 0 Å². The van der Waals surface area contributed by atoms with Crippen molar-refractivity contribution in [3.05, 3.63) is 96.7 Å². The van der Waals surface area contributed by atoms with E-state index in [1.807, 2.05) is 63.2 Å². The van der Waals surface area contributed by atoms with E-state index in [0.717, 1.165) is 59.1 Å². The van der Waals surface area contributed by atoms with Gasteiger partial charge in [0.2, 0.25) is 5.79 Å². The molecule has 0 unspecified atom stereocenters. The number of aliphatic hydroxyl groups excluding tert-OH is 2. The first-order chi connectivity index (χ1) is 27.0. The van der Waals surface area contributed by atoms with Crippen molar-refractivity contribution in [2.45, 2.75) is 95.6 Å². The minimum absolute atomic E-state index is 0.114. The molecule has 11 nitrogen and oxygen atoms in total. The minimum atomic E-state index is -1.33.